The number of halogens is 5. The van der Waals surface area contributed by atoms with Crippen LogP contribution in [0.5, 0.6) is 23.0 Å². The summed E-state index contributed by atoms with van der Waals surface area (Å²) in [6.45, 7) is 0. The highest BCUT2D eigenvalue weighted by Gasteiger charge is 2.57. The fourth-order valence-electron chi connectivity index (χ4n) is 4.04. The third kappa shape index (κ3) is 3.27. The number of nitrogens with two attached hydrogens (primary N) is 1. The molecule has 0 radical (unpaired) electrons. The predicted octanol–water partition coefficient (Wildman–Crippen LogP) is 6.78. The van der Waals surface area contributed by atoms with Crippen molar-refractivity contribution in [3.8, 4) is 23.0 Å². The fraction of sp³-hybridized carbons (Fsp3) is 0.0500. The second kappa shape index (κ2) is 7.94. The molecule has 2 heterocycles. The van der Waals surface area contributed by atoms with Gasteiger partial charge in [-0.3, -0.25) is 5.50 Å². The Balaban J connectivity index is 1.93. The monoisotopic (exact) mass is 565 g/mol. The molecule has 0 aromatic heterocycles. The summed E-state index contributed by atoms with van der Waals surface area (Å²) >= 11 is 32.1. The minimum absolute atomic E-state index is 0.0389. The Morgan fingerprint density at radius 3 is 2.33 bits per heavy atom. The fourth-order valence-corrected chi connectivity index (χ4v) is 5.76. The van der Waals surface area contributed by atoms with E-state index in [0.29, 0.717) is 5.56 Å². The van der Waals surface area contributed by atoms with Gasteiger partial charge >= 0.3 is 14.5 Å². The molecule has 0 saturated carbocycles. The quantitative estimate of drug-likeness (QED) is 0.135. The molecular formula is C20H9Cl5NO6P. The van der Waals surface area contributed by atoms with Crippen LogP contribution in [0, 0.1) is 0 Å². The molecule has 2 unspecified atom stereocenters. The van der Waals surface area contributed by atoms with Gasteiger partial charge in [-0.05, 0) is 18.2 Å². The van der Waals surface area contributed by atoms with Crippen LogP contribution >= 0.6 is 66.5 Å². The zero-order chi connectivity index (χ0) is 23.8. The third-order valence-electron chi connectivity index (χ3n) is 5.21. The molecule has 13 heteroatoms. The van der Waals surface area contributed by atoms with Gasteiger partial charge in [0.05, 0.1) is 36.2 Å². The van der Waals surface area contributed by atoms with Gasteiger partial charge in [-0.1, -0.05) is 58.0 Å². The molecule has 5 rings (SSSR count). The van der Waals surface area contributed by atoms with Crippen molar-refractivity contribution in [3.63, 3.8) is 0 Å². The van der Waals surface area contributed by atoms with Crippen molar-refractivity contribution in [2.75, 3.05) is 0 Å². The Labute approximate surface area is 212 Å². The molecule has 3 aromatic rings. The molecule has 1 spiro atoms. The van der Waals surface area contributed by atoms with E-state index in [2.05, 4.69) is 0 Å². The molecule has 0 aliphatic carbocycles. The minimum atomic E-state index is -2.26. The summed E-state index contributed by atoms with van der Waals surface area (Å²) in [6.07, 6.45) is 0. The first-order valence-corrected chi connectivity index (χ1v) is 12.1. The summed E-state index contributed by atoms with van der Waals surface area (Å²) in [5.41, 5.74) is 4.14. The zero-order valence-corrected chi connectivity index (χ0v) is 20.5. The highest BCUT2D eigenvalue weighted by Crippen LogP contribution is 2.62. The largest absolute Gasteiger partial charge is 0.508 e. The van der Waals surface area contributed by atoms with Crippen LogP contribution in [0.1, 0.15) is 27.0 Å². The number of carbonyl (C=O) groups is 1. The highest BCUT2D eigenvalue weighted by atomic mass is 35.5. The smallest absolute Gasteiger partial charge is 0.341 e. The Hall–Kier alpha value is -1.67. The van der Waals surface area contributed by atoms with Crippen molar-refractivity contribution >= 4 is 72.5 Å². The molecule has 170 valence electrons. The number of hydrogen-bond acceptors (Lipinski definition) is 7. The molecule has 0 saturated heterocycles. The number of fused-ring (bicyclic) bond motifs is 6. The van der Waals surface area contributed by atoms with E-state index in [1.807, 2.05) is 0 Å². The third-order valence-corrected chi connectivity index (χ3v) is 7.71. The van der Waals surface area contributed by atoms with Crippen molar-refractivity contribution in [2.24, 2.45) is 5.50 Å². The van der Waals surface area contributed by atoms with Gasteiger partial charge in [-0.15, -0.1) is 0 Å². The van der Waals surface area contributed by atoms with Gasteiger partial charge in [0.2, 0.25) is 0 Å². The highest BCUT2D eigenvalue weighted by molar-refractivity contribution is 7.43. The van der Waals surface area contributed by atoms with Crippen molar-refractivity contribution in [2.45, 2.75) is 5.60 Å². The lowest BCUT2D eigenvalue weighted by molar-refractivity contribution is 0.0225. The number of rotatable bonds is 2. The second-order valence-corrected chi connectivity index (χ2v) is 9.74. The molecule has 7 nitrogen and oxygen atoms in total. The second-order valence-electron chi connectivity index (χ2n) is 7.03. The number of ether oxygens (including phenoxy) is 2. The summed E-state index contributed by atoms with van der Waals surface area (Å²) in [4.78, 5) is 22.6. The summed E-state index contributed by atoms with van der Waals surface area (Å²) in [5.74, 6) is -0.620. The molecule has 2 aliphatic heterocycles. The van der Waals surface area contributed by atoms with E-state index in [0.717, 1.165) is 0 Å². The lowest BCUT2D eigenvalue weighted by atomic mass is 9.77. The van der Waals surface area contributed by atoms with Crippen molar-refractivity contribution in [3.05, 3.63) is 77.7 Å². The maximum atomic E-state index is 13.1. The summed E-state index contributed by atoms with van der Waals surface area (Å²) in [6, 6.07) is 6.96. The average Bonchev–Trinajstić information content (AvgIpc) is 3.02. The van der Waals surface area contributed by atoms with E-state index >= 15 is 0 Å². The average molecular weight is 568 g/mol. The molecule has 3 aromatic carbocycles. The first kappa shape index (κ1) is 23.1. The van der Waals surface area contributed by atoms with Crippen LogP contribution < -0.4 is 14.8 Å². The predicted molar refractivity (Wildman–Crippen MR) is 125 cm³/mol. The van der Waals surface area contributed by atoms with Gasteiger partial charge in [0.1, 0.15) is 23.0 Å². The van der Waals surface area contributed by atoms with E-state index in [1.54, 1.807) is 0 Å². The number of phenols is 1. The standard InChI is InChI=1S/C20H9Cl5NO6P/c21-9-4-7(32-33(26)29)5-11-13(9)20(8-2-1-6(27)3-10(8)30-11)14-12(19(28)31-20)15(22)17(24)18(25)16(14)23/h1-5,27,29H,26H2. The van der Waals surface area contributed by atoms with Crippen LogP contribution in [-0.4, -0.2) is 16.0 Å². The number of benzene rings is 3. The van der Waals surface area contributed by atoms with Crippen LogP contribution in [0.15, 0.2) is 30.3 Å². The van der Waals surface area contributed by atoms with E-state index in [4.69, 9.17) is 77.5 Å². The molecule has 0 fully saturated rings. The molecule has 0 bridgehead atoms. The van der Waals surface area contributed by atoms with Crippen LogP contribution in [0.4, 0.5) is 0 Å². The Morgan fingerprint density at radius 2 is 1.64 bits per heavy atom. The Bertz CT molecular complexity index is 1380. The SMILES string of the molecule is NP(O)Oc1cc(Cl)c2c(c1)Oc1cc(O)ccc1C21OC(=O)c2c(Cl)c(Cl)c(Cl)c(Cl)c21. The number of phenolic OH excluding ortho intramolecular Hbond substituents is 1. The van der Waals surface area contributed by atoms with Crippen molar-refractivity contribution in [1.29, 1.82) is 0 Å². The van der Waals surface area contributed by atoms with E-state index in [-0.39, 0.29) is 64.8 Å². The first-order chi connectivity index (χ1) is 15.6. The maximum absolute atomic E-state index is 13.1. The minimum Gasteiger partial charge on any atom is -0.508 e. The van der Waals surface area contributed by atoms with E-state index < -0.39 is 20.1 Å². The summed E-state index contributed by atoms with van der Waals surface area (Å²) in [5, 5.41) is 9.69. The first-order valence-electron chi connectivity index (χ1n) is 8.93. The molecule has 4 N–H and O–H groups in total. The number of hydrogen-bond donors (Lipinski definition) is 3. The topological polar surface area (TPSA) is 111 Å². The lowest BCUT2D eigenvalue weighted by Crippen LogP contribution is -2.33. The van der Waals surface area contributed by atoms with Gasteiger partial charge in [-0.25, -0.2) is 4.79 Å². The summed E-state index contributed by atoms with van der Waals surface area (Å²) < 4.78 is 17.1. The van der Waals surface area contributed by atoms with Gasteiger partial charge in [-0.2, -0.15) is 0 Å². The Morgan fingerprint density at radius 1 is 0.939 bits per heavy atom. The number of esters is 1. The molecule has 2 aliphatic rings. The van der Waals surface area contributed by atoms with Crippen molar-refractivity contribution in [1.82, 2.24) is 0 Å². The van der Waals surface area contributed by atoms with Gasteiger partial charge in [0.25, 0.3) is 0 Å². The van der Waals surface area contributed by atoms with Crippen LogP contribution in [-0.2, 0) is 10.3 Å². The van der Waals surface area contributed by atoms with Crippen LogP contribution in [0.25, 0.3) is 0 Å². The van der Waals surface area contributed by atoms with E-state index in [9.17, 15) is 14.8 Å². The normalized spacial score (nSPS) is 18.8. The van der Waals surface area contributed by atoms with Crippen LogP contribution in [0.3, 0.4) is 0 Å². The van der Waals surface area contributed by atoms with Crippen molar-refractivity contribution < 1.29 is 28.8 Å². The van der Waals surface area contributed by atoms with Gasteiger partial charge in [0.15, 0.2) is 5.60 Å². The lowest BCUT2D eigenvalue weighted by Gasteiger charge is -2.37. The Kier molecular flexibility index (Phi) is 5.55. The zero-order valence-electron chi connectivity index (χ0n) is 15.8. The van der Waals surface area contributed by atoms with Crippen LogP contribution in [0.2, 0.25) is 25.1 Å². The number of aromatic hydroxyl groups is 1. The van der Waals surface area contributed by atoms with Gasteiger partial charge < -0.3 is 24.0 Å². The number of carbonyl (C=O) groups excluding carboxylic acids is 1. The molecule has 2 atom stereocenters. The molecule has 33 heavy (non-hydrogen) atoms. The molecular weight excluding hydrogens is 558 g/mol. The van der Waals surface area contributed by atoms with E-state index in [1.165, 1.54) is 30.3 Å². The van der Waals surface area contributed by atoms with Gasteiger partial charge in [0, 0.05) is 23.3 Å². The summed E-state index contributed by atoms with van der Waals surface area (Å²) in [7, 11) is -2.26. The molecule has 0 amide bonds. The maximum Gasteiger partial charge on any atom is 0.341 e.